The van der Waals surface area contributed by atoms with Crippen LogP contribution in [0.4, 0.5) is 0 Å². The average Bonchev–Trinajstić information content (AvgIpc) is 2.68. The third-order valence-corrected chi connectivity index (χ3v) is 2.46. The summed E-state index contributed by atoms with van der Waals surface area (Å²) in [7, 11) is 1.68. The van der Waals surface area contributed by atoms with E-state index in [4.69, 9.17) is 4.74 Å². The fourth-order valence-electron chi connectivity index (χ4n) is 1.29. The second kappa shape index (κ2) is 2.70. The van der Waals surface area contributed by atoms with E-state index in [9.17, 15) is 4.79 Å². The molecule has 1 aliphatic rings. The Morgan fingerprint density at radius 2 is 2.30 bits per heavy atom. The van der Waals surface area contributed by atoms with E-state index in [1.807, 2.05) is 0 Å². The Labute approximate surface area is 61.6 Å². The molecule has 2 heteroatoms. The van der Waals surface area contributed by atoms with Crippen molar-refractivity contribution >= 4 is 6.29 Å². The molecule has 0 aromatic heterocycles. The predicted octanol–water partition coefficient (Wildman–Crippen LogP) is 1.25. The van der Waals surface area contributed by atoms with Crippen molar-refractivity contribution in [3.05, 3.63) is 0 Å². The van der Waals surface area contributed by atoms with Crippen LogP contribution in [0.2, 0.25) is 0 Å². The topological polar surface area (TPSA) is 26.3 Å². The lowest BCUT2D eigenvalue weighted by Gasteiger charge is -2.15. The summed E-state index contributed by atoms with van der Waals surface area (Å²) in [5.74, 6) is 0.398. The van der Waals surface area contributed by atoms with Gasteiger partial charge in [-0.3, -0.25) is 0 Å². The molecule has 0 saturated heterocycles. The Balaban J connectivity index is 2.39. The van der Waals surface area contributed by atoms with Gasteiger partial charge in [-0.2, -0.15) is 0 Å². The van der Waals surface area contributed by atoms with E-state index in [1.165, 1.54) is 0 Å². The number of hydrogen-bond donors (Lipinski definition) is 0. The number of aldehydes is 1. The van der Waals surface area contributed by atoms with Gasteiger partial charge in [-0.05, 0) is 18.8 Å². The van der Waals surface area contributed by atoms with Gasteiger partial charge in [-0.1, -0.05) is 6.92 Å². The van der Waals surface area contributed by atoms with Crippen molar-refractivity contribution in [3.8, 4) is 0 Å². The summed E-state index contributed by atoms with van der Waals surface area (Å²) in [6, 6.07) is 0. The Morgan fingerprint density at radius 3 is 2.60 bits per heavy atom. The van der Waals surface area contributed by atoms with Gasteiger partial charge < -0.3 is 9.53 Å². The van der Waals surface area contributed by atoms with Crippen LogP contribution in [0.15, 0.2) is 0 Å². The van der Waals surface area contributed by atoms with E-state index >= 15 is 0 Å². The molecule has 10 heavy (non-hydrogen) atoms. The van der Waals surface area contributed by atoms with E-state index < -0.39 is 0 Å². The van der Waals surface area contributed by atoms with Gasteiger partial charge in [0.2, 0.25) is 0 Å². The summed E-state index contributed by atoms with van der Waals surface area (Å²) in [4.78, 5) is 10.5. The van der Waals surface area contributed by atoms with Gasteiger partial charge in [0, 0.05) is 19.1 Å². The molecule has 1 aliphatic carbocycles. The lowest BCUT2D eigenvalue weighted by molar-refractivity contribution is -0.114. The molecule has 1 unspecified atom stereocenters. The van der Waals surface area contributed by atoms with Gasteiger partial charge >= 0.3 is 0 Å². The minimum Gasteiger partial charge on any atom is -0.384 e. The SMILES string of the molecule is COCC(C)C1(C=O)CC1. The van der Waals surface area contributed by atoms with Gasteiger partial charge in [-0.15, -0.1) is 0 Å². The highest BCUT2D eigenvalue weighted by Gasteiger charge is 2.47. The van der Waals surface area contributed by atoms with Crippen molar-refractivity contribution in [1.29, 1.82) is 0 Å². The monoisotopic (exact) mass is 142 g/mol. The van der Waals surface area contributed by atoms with Crippen LogP contribution in [0.5, 0.6) is 0 Å². The molecule has 0 aliphatic heterocycles. The van der Waals surface area contributed by atoms with Crippen molar-refractivity contribution in [2.75, 3.05) is 13.7 Å². The van der Waals surface area contributed by atoms with E-state index in [-0.39, 0.29) is 5.41 Å². The summed E-state index contributed by atoms with van der Waals surface area (Å²) in [5.41, 5.74) is -0.00396. The van der Waals surface area contributed by atoms with Crippen LogP contribution < -0.4 is 0 Å². The van der Waals surface area contributed by atoms with Crippen LogP contribution in [-0.4, -0.2) is 20.0 Å². The first-order valence-electron chi connectivity index (χ1n) is 3.70. The first kappa shape index (κ1) is 7.73. The maximum atomic E-state index is 10.5. The van der Waals surface area contributed by atoms with Gasteiger partial charge in [-0.25, -0.2) is 0 Å². The Bertz CT molecular complexity index is 127. The predicted molar refractivity (Wildman–Crippen MR) is 38.8 cm³/mol. The quantitative estimate of drug-likeness (QED) is 0.552. The molecule has 1 atom stereocenters. The summed E-state index contributed by atoms with van der Waals surface area (Å²) in [6.45, 7) is 2.78. The molecule has 0 aromatic carbocycles. The zero-order valence-corrected chi connectivity index (χ0v) is 6.59. The maximum Gasteiger partial charge on any atom is 0.126 e. The lowest BCUT2D eigenvalue weighted by Crippen LogP contribution is -2.18. The third-order valence-electron chi connectivity index (χ3n) is 2.46. The molecule has 0 aromatic rings. The van der Waals surface area contributed by atoms with Crippen molar-refractivity contribution < 1.29 is 9.53 Å². The minimum atomic E-state index is -0.00396. The van der Waals surface area contributed by atoms with E-state index in [0.29, 0.717) is 12.5 Å². The average molecular weight is 142 g/mol. The molecular weight excluding hydrogens is 128 g/mol. The summed E-state index contributed by atoms with van der Waals surface area (Å²) < 4.78 is 4.97. The third kappa shape index (κ3) is 1.21. The summed E-state index contributed by atoms with van der Waals surface area (Å²) in [6.07, 6.45) is 3.21. The largest absolute Gasteiger partial charge is 0.384 e. The summed E-state index contributed by atoms with van der Waals surface area (Å²) >= 11 is 0. The van der Waals surface area contributed by atoms with Crippen molar-refractivity contribution in [2.24, 2.45) is 11.3 Å². The van der Waals surface area contributed by atoms with Gasteiger partial charge in [0.15, 0.2) is 0 Å². The molecule has 0 radical (unpaired) electrons. The molecule has 0 N–H and O–H groups in total. The zero-order chi connectivity index (χ0) is 7.61. The first-order chi connectivity index (χ1) is 4.75. The molecule has 0 bridgehead atoms. The van der Waals surface area contributed by atoms with Gasteiger partial charge in [0.25, 0.3) is 0 Å². The Kier molecular flexibility index (Phi) is 2.09. The van der Waals surface area contributed by atoms with Crippen molar-refractivity contribution in [2.45, 2.75) is 19.8 Å². The molecule has 1 saturated carbocycles. The normalized spacial score (nSPS) is 23.8. The second-order valence-electron chi connectivity index (χ2n) is 3.21. The minimum absolute atomic E-state index is 0.00396. The number of hydrogen-bond acceptors (Lipinski definition) is 2. The van der Waals surface area contributed by atoms with Crippen LogP contribution in [0.1, 0.15) is 19.8 Å². The summed E-state index contributed by atoms with van der Waals surface area (Å²) in [5, 5.41) is 0. The van der Waals surface area contributed by atoms with Crippen LogP contribution in [-0.2, 0) is 9.53 Å². The fraction of sp³-hybridized carbons (Fsp3) is 0.875. The smallest absolute Gasteiger partial charge is 0.126 e. The highest BCUT2D eigenvalue weighted by molar-refractivity contribution is 5.63. The molecule has 0 amide bonds. The lowest BCUT2D eigenvalue weighted by atomic mass is 9.93. The number of methoxy groups -OCH3 is 1. The van der Waals surface area contributed by atoms with Crippen LogP contribution in [0.25, 0.3) is 0 Å². The number of ether oxygens (including phenoxy) is 1. The number of carbonyl (C=O) groups is 1. The highest BCUT2D eigenvalue weighted by Crippen LogP contribution is 2.49. The van der Waals surface area contributed by atoms with Gasteiger partial charge in [0.1, 0.15) is 6.29 Å². The highest BCUT2D eigenvalue weighted by atomic mass is 16.5. The molecule has 1 rings (SSSR count). The standard InChI is InChI=1S/C8H14O2/c1-7(5-10-2)8(6-9)3-4-8/h6-7H,3-5H2,1-2H3. The zero-order valence-electron chi connectivity index (χ0n) is 6.59. The second-order valence-corrected chi connectivity index (χ2v) is 3.21. The first-order valence-corrected chi connectivity index (χ1v) is 3.70. The van der Waals surface area contributed by atoms with Crippen molar-refractivity contribution in [1.82, 2.24) is 0 Å². The number of carbonyl (C=O) groups excluding carboxylic acids is 1. The fourth-order valence-corrected chi connectivity index (χ4v) is 1.29. The van der Waals surface area contributed by atoms with Crippen molar-refractivity contribution in [3.63, 3.8) is 0 Å². The molecule has 58 valence electrons. The van der Waals surface area contributed by atoms with Gasteiger partial charge in [0.05, 0.1) is 0 Å². The van der Waals surface area contributed by atoms with Crippen LogP contribution in [0, 0.1) is 11.3 Å². The molecular formula is C8H14O2. The molecule has 0 heterocycles. The van der Waals surface area contributed by atoms with E-state index in [1.54, 1.807) is 7.11 Å². The van der Waals surface area contributed by atoms with Crippen LogP contribution >= 0.6 is 0 Å². The van der Waals surface area contributed by atoms with Crippen LogP contribution in [0.3, 0.4) is 0 Å². The molecule has 0 spiro atoms. The van der Waals surface area contributed by atoms with E-state index in [0.717, 1.165) is 19.1 Å². The Hall–Kier alpha value is -0.370. The maximum absolute atomic E-state index is 10.5. The van der Waals surface area contributed by atoms with E-state index in [2.05, 4.69) is 6.92 Å². The Morgan fingerprint density at radius 1 is 1.70 bits per heavy atom. The molecule has 2 nitrogen and oxygen atoms in total. The molecule has 1 fully saturated rings. The number of rotatable bonds is 4.